The summed E-state index contributed by atoms with van der Waals surface area (Å²) >= 11 is 0. The van der Waals surface area contributed by atoms with Gasteiger partial charge in [0.25, 0.3) is 11.8 Å². The number of rotatable bonds is 23. The van der Waals surface area contributed by atoms with Crippen molar-refractivity contribution in [3.8, 4) is 0 Å². The molecule has 44 heavy (non-hydrogen) atoms. The van der Waals surface area contributed by atoms with Crippen LogP contribution in [0.1, 0.15) is 79.0 Å². The van der Waals surface area contributed by atoms with Crippen LogP contribution in [0.2, 0.25) is 0 Å². The molecule has 2 N–H and O–H groups in total. The fraction of sp³-hybridized carbons (Fsp3) is 0.645. The highest BCUT2D eigenvalue weighted by molar-refractivity contribution is 6.26. The van der Waals surface area contributed by atoms with Crippen molar-refractivity contribution in [3.05, 3.63) is 29.3 Å². The van der Waals surface area contributed by atoms with Gasteiger partial charge in [0, 0.05) is 26.1 Å². The van der Waals surface area contributed by atoms with E-state index in [1.54, 1.807) is 12.1 Å². The van der Waals surface area contributed by atoms with E-state index in [4.69, 9.17) is 23.7 Å². The first-order valence-electron chi connectivity index (χ1n) is 15.5. The summed E-state index contributed by atoms with van der Waals surface area (Å²) in [6.45, 7) is 7.62. The van der Waals surface area contributed by atoms with E-state index in [0.29, 0.717) is 65.9 Å². The van der Waals surface area contributed by atoms with Crippen LogP contribution in [-0.4, -0.2) is 107 Å². The lowest BCUT2D eigenvalue weighted by atomic mass is 10.0. The molecule has 0 radical (unpaired) electrons. The molecule has 0 aliphatic carbocycles. The minimum absolute atomic E-state index is 0.0366. The van der Waals surface area contributed by atoms with Crippen molar-refractivity contribution < 1.29 is 47.7 Å². The van der Waals surface area contributed by atoms with E-state index in [2.05, 4.69) is 17.6 Å². The molecular formula is C31H45N3O10. The Morgan fingerprint density at radius 3 is 1.98 bits per heavy atom. The van der Waals surface area contributed by atoms with Gasteiger partial charge in [-0.15, -0.1) is 0 Å². The summed E-state index contributed by atoms with van der Waals surface area (Å²) in [7, 11) is 0. The molecular weight excluding hydrogens is 574 g/mol. The minimum Gasteiger partial charge on any atom is -0.379 e. The molecule has 0 bridgehead atoms. The van der Waals surface area contributed by atoms with Crippen LogP contribution in [0.3, 0.4) is 0 Å². The lowest BCUT2D eigenvalue weighted by molar-refractivity contribution is -0.136. The quantitative estimate of drug-likeness (QED) is 0.138. The highest BCUT2D eigenvalue weighted by atomic mass is 16.6. The Hall–Kier alpha value is -3.23. The van der Waals surface area contributed by atoms with Crippen LogP contribution in [0.4, 0.5) is 5.69 Å². The Morgan fingerprint density at radius 1 is 0.795 bits per heavy atom. The van der Waals surface area contributed by atoms with Crippen LogP contribution in [0.15, 0.2) is 18.2 Å². The third kappa shape index (κ3) is 11.4. The highest BCUT2D eigenvalue weighted by Gasteiger charge is 2.45. The van der Waals surface area contributed by atoms with Gasteiger partial charge >= 0.3 is 0 Å². The molecule has 3 rings (SSSR count). The van der Waals surface area contributed by atoms with E-state index >= 15 is 0 Å². The summed E-state index contributed by atoms with van der Waals surface area (Å²) < 4.78 is 27.3. The van der Waals surface area contributed by atoms with Gasteiger partial charge in [-0.3, -0.25) is 34.2 Å². The smallest absolute Gasteiger partial charge is 0.264 e. The van der Waals surface area contributed by atoms with Gasteiger partial charge in [-0.1, -0.05) is 25.8 Å². The number of anilines is 1. The monoisotopic (exact) mass is 619 g/mol. The number of unbranched alkanes of at least 4 members (excludes halogenated alkanes) is 3. The van der Waals surface area contributed by atoms with Crippen molar-refractivity contribution in [2.45, 2.75) is 64.3 Å². The van der Waals surface area contributed by atoms with Gasteiger partial charge in [0.15, 0.2) is 0 Å². The number of carbonyl (C=O) groups excluding carboxylic acids is 5. The third-order valence-corrected chi connectivity index (χ3v) is 7.06. The molecule has 1 aromatic carbocycles. The number of benzene rings is 1. The molecule has 0 saturated carbocycles. The zero-order chi connectivity index (χ0) is 31.6. The minimum atomic E-state index is -1.06. The van der Waals surface area contributed by atoms with E-state index < -0.39 is 29.7 Å². The Balaban J connectivity index is 1.19. The van der Waals surface area contributed by atoms with Gasteiger partial charge in [-0.2, -0.15) is 0 Å². The second kappa shape index (κ2) is 19.9. The van der Waals surface area contributed by atoms with Gasteiger partial charge in [0.05, 0.1) is 69.7 Å². The number of ether oxygens (including phenoxy) is 5. The maximum atomic E-state index is 13.1. The van der Waals surface area contributed by atoms with E-state index in [-0.39, 0.29) is 42.0 Å². The molecule has 1 aromatic rings. The van der Waals surface area contributed by atoms with E-state index in [9.17, 15) is 24.0 Å². The molecule has 0 spiro atoms. The van der Waals surface area contributed by atoms with E-state index in [1.807, 2.05) is 0 Å². The lowest BCUT2D eigenvalue weighted by Gasteiger charge is -2.27. The van der Waals surface area contributed by atoms with Crippen molar-refractivity contribution in [2.24, 2.45) is 0 Å². The first-order valence-corrected chi connectivity index (χ1v) is 15.5. The second-order valence-corrected chi connectivity index (χ2v) is 10.4. The summed E-state index contributed by atoms with van der Waals surface area (Å²) in [6, 6.07) is 3.55. The average Bonchev–Trinajstić information content (AvgIpc) is 3.26. The Labute approximate surface area is 258 Å². The third-order valence-electron chi connectivity index (χ3n) is 7.06. The Kier molecular flexibility index (Phi) is 16.0. The Bertz CT molecular complexity index is 1110. The molecule has 244 valence electrons. The predicted molar refractivity (Wildman–Crippen MR) is 159 cm³/mol. The molecule has 2 aliphatic rings. The standard InChI is InChI=1S/C31H45N3O10/c1-2-3-13-40-15-17-42-19-21-44-22-20-43-18-16-41-14-6-4-5-10-26(35)32-24-9-7-8-23-28(24)31(39)34(30(23)38)25-11-12-27(36)33-29(25)37/h7-9,25H,2-6,10-22H2,1H3,(H,32,35)(H,33,36,37). The van der Waals surface area contributed by atoms with Crippen molar-refractivity contribution in [1.82, 2.24) is 10.2 Å². The molecule has 2 aliphatic heterocycles. The Morgan fingerprint density at radius 2 is 1.39 bits per heavy atom. The molecule has 5 amide bonds. The summed E-state index contributed by atoms with van der Waals surface area (Å²) in [6.07, 6.45) is 4.73. The summed E-state index contributed by atoms with van der Waals surface area (Å²) in [5.41, 5.74) is 0.409. The van der Waals surface area contributed by atoms with Gasteiger partial charge in [-0.05, 0) is 37.8 Å². The van der Waals surface area contributed by atoms with Crippen molar-refractivity contribution in [1.29, 1.82) is 0 Å². The van der Waals surface area contributed by atoms with Crippen LogP contribution >= 0.6 is 0 Å². The molecule has 2 heterocycles. The van der Waals surface area contributed by atoms with Crippen LogP contribution in [0.25, 0.3) is 0 Å². The van der Waals surface area contributed by atoms with Gasteiger partial charge in [-0.25, -0.2) is 0 Å². The van der Waals surface area contributed by atoms with Crippen molar-refractivity contribution in [3.63, 3.8) is 0 Å². The first-order chi connectivity index (χ1) is 21.4. The molecule has 1 unspecified atom stereocenters. The average molecular weight is 620 g/mol. The highest BCUT2D eigenvalue weighted by Crippen LogP contribution is 2.32. The van der Waals surface area contributed by atoms with Crippen LogP contribution in [0, 0.1) is 0 Å². The van der Waals surface area contributed by atoms with Crippen LogP contribution in [-0.2, 0) is 38.1 Å². The van der Waals surface area contributed by atoms with Crippen LogP contribution in [0.5, 0.6) is 0 Å². The van der Waals surface area contributed by atoms with Crippen molar-refractivity contribution >= 4 is 35.2 Å². The molecule has 1 atom stereocenters. The molecule has 1 fully saturated rings. The SMILES string of the molecule is CCCCOCCOCCOCCOCCOCCCCCC(=O)Nc1cccc2c1C(=O)N(C1CCC(=O)NC1=O)C2=O. The molecule has 13 nitrogen and oxygen atoms in total. The second-order valence-electron chi connectivity index (χ2n) is 10.4. The number of nitrogens with zero attached hydrogens (tertiary/aromatic N) is 1. The summed E-state index contributed by atoms with van der Waals surface area (Å²) in [5, 5.41) is 4.90. The fourth-order valence-electron chi connectivity index (χ4n) is 4.73. The fourth-order valence-corrected chi connectivity index (χ4v) is 4.73. The number of fused-ring (bicyclic) bond motifs is 1. The van der Waals surface area contributed by atoms with Crippen LogP contribution < -0.4 is 10.6 Å². The first kappa shape index (κ1) is 35.3. The number of hydrogen-bond acceptors (Lipinski definition) is 10. The van der Waals surface area contributed by atoms with Gasteiger partial charge in [0.1, 0.15) is 6.04 Å². The number of amides is 5. The topological polar surface area (TPSA) is 159 Å². The number of nitrogens with one attached hydrogen (secondary N) is 2. The molecule has 1 saturated heterocycles. The van der Waals surface area contributed by atoms with Gasteiger partial charge < -0.3 is 29.0 Å². The maximum Gasteiger partial charge on any atom is 0.264 e. The predicted octanol–water partition coefficient (Wildman–Crippen LogP) is 2.47. The van der Waals surface area contributed by atoms with Gasteiger partial charge in [0.2, 0.25) is 17.7 Å². The number of hydrogen-bond donors (Lipinski definition) is 2. The zero-order valence-corrected chi connectivity index (χ0v) is 25.6. The van der Waals surface area contributed by atoms with E-state index in [1.165, 1.54) is 6.07 Å². The van der Waals surface area contributed by atoms with Crippen molar-refractivity contribution in [2.75, 3.05) is 71.4 Å². The number of piperidine rings is 1. The lowest BCUT2D eigenvalue weighted by Crippen LogP contribution is -2.54. The number of carbonyl (C=O) groups is 5. The summed E-state index contributed by atoms with van der Waals surface area (Å²) in [5.74, 6) is -2.67. The van der Waals surface area contributed by atoms with E-state index in [0.717, 1.165) is 37.2 Å². The summed E-state index contributed by atoms with van der Waals surface area (Å²) in [4.78, 5) is 63.3. The molecule has 13 heteroatoms. The largest absolute Gasteiger partial charge is 0.379 e. The number of imide groups is 2. The normalized spacial score (nSPS) is 16.4. The molecule has 0 aromatic heterocycles. The zero-order valence-electron chi connectivity index (χ0n) is 25.6. The maximum absolute atomic E-state index is 13.1.